The van der Waals surface area contributed by atoms with E-state index in [1.807, 2.05) is 42.5 Å². The van der Waals surface area contributed by atoms with Gasteiger partial charge in [0.25, 0.3) is 0 Å². The minimum absolute atomic E-state index is 0.0345. The SMILES string of the molecule is O=C(C1CCC1)N1CC(=O)N2[C@H](CO)[C@H](c3ccc(C#CCc4ccccc4)cc3)[C@H]2C1. The largest absolute Gasteiger partial charge is 0.394 e. The van der Waals surface area contributed by atoms with Crippen molar-refractivity contribution >= 4 is 11.8 Å². The molecule has 2 aliphatic heterocycles. The van der Waals surface area contributed by atoms with Crippen molar-refractivity contribution in [1.29, 1.82) is 0 Å². The summed E-state index contributed by atoms with van der Waals surface area (Å²) in [5.41, 5.74) is 3.23. The van der Waals surface area contributed by atoms with Crippen LogP contribution in [-0.4, -0.2) is 58.5 Å². The van der Waals surface area contributed by atoms with Crippen molar-refractivity contribution in [3.63, 3.8) is 0 Å². The lowest BCUT2D eigenvalue weighted by atomic mass is 9.73. The fourth-order valence-electron chi connectivity index (χ4n) is 5.21. The van der Waals surface area contributed by atoms with Gasteiger partial charge in [-0.1, -0.05) is 60.7 Å². The summed E-state index contributed by atoms with van der Waals surface area (Å²) in [5, 5.41) is 9.97. The minimum atomic E-state index is -0.219. The van der Waals surface area contributed by atoms with Gasteiger partial charge in [-0.15, -0.1) is 0 Å². The summed E-state index contributed by atoms with van der Waals surface area (Å²) in [6.07, 6.45) is 3.69. The van der Waals surface area contributed by atoms with Crippen molar-refractivity contribution in [2.45, 2.75) is 43.7 Å². The van der Waals surface area contributed by atoms with E-state index in [1.165, 1.54) is 5.56 Å². The van der Waals surface area contributed by atoms with Crippen LogP contribution in [0.15, 0.2) is 54.6 Å². The molecule has 2 aromatic carbocycles. The molecule has 2 amide bonds. The standard InChI is InChI=1S/C27H28N2O3/c30-18-24-26(23-16-28(17-25(31)29(23)24)27(32)22-10-5-11-22)21-14-12-20(13-15-21)9-4-8-19-6-2-1-3-7-19/h1-3,6-7,12-15,22-24,26,30H,5,8,10-11,16-18H2/t23-,24-,26-/m1/s1. The Morgan fingerprint density at radius 3 is 2.47 bits per heavy atom. The lowest BCUT2D eigenvalue weighted by Gasteiger charge is -2.59. The van der Waals surface area contributed by atoms with Gasteiger partial charge in [-0.2, -0.15) is 0 Å². The van der Waals surface area contributed by atoms with E-state index in [2.05, 4.69) is 24.0 Å². The van der Waals surface area contributed by atoms with E-state index in [-0.39, 0.29) is 48.9 Å². The molecule has 5 rings (SSSR count). The number of carbonyl (C=O) groups is 2. The van der Waals surface area contributed by atoms with Gasteiger partial charge in [-0.3, -0.25) is 9.59 Å². The summed E-state index contributed by atoms with van der Waals surface area (Å²) >= 11 is 0. The monoisotopic (exact) mass is 428 g/mol. The normalized spacial score (nSPS) is 24.7. The molecule has 32 heavy (non-hydrogen) atoms. The van der Waals surface area contributed by atoms with E-state index in [4.69, 9.17) is 0 Å². The summed E-state index contributed by atoms with van der Waals surface area (Å²) in [7, 11) is 0. The average Bonchev–Trinajstić information content (AvgIpc) is 2.75. The number of piperazine rings is 1. The third kappa shape index (κ3) is 3.80. The lowest BCUT2D eigenvalue weighted by Crippen LogP contribution is -2.73. The first kappa shape index (κ1) is 20.8. The van der Waals surface area contributed by atoms with Gasteiger partial charge < -0.3 is 14.9 Å². The zero-order valence-corrected chi connectivity index (χ0v) is 18.1. The number of aliphatic hydroxyl groups excluding tert-OH is 1. The minimum Gasteiger partial charge on any atom is -0.394 e. The molecule has 164 valence electrons. The smallest absolute Gasteiger partial charge is 0.242 e. The molecule has 0 spiro atoms. The van der Waals surface area contributed by atoms with E-state index in [0.717, 1.165) is 30.4 Å². The van der Waals surface area contributed by atoms with Gasteiger partial charge in [-0.25, -0.2) is 0 Å². The summed E-state index contributed by atoms with van der Waals surface area (Å²) in [5.74, 6) is 6.64. The van der Waals surface area contributed by atoms with Gasteiger partial charge in [0.15, 0.2) is 0 Å². The van der Waals surface area contributed by atoms with Crippen LogP contribution in [0.25, 0.3) is 0 Å². The van der Waals surface area contributed by atoms with Crippen LogP contribution in [0.1, 0.15) is 41.9 Å². The number of nitrogens with zero attached hydrogens (tertiary/aromatic N) is 2. The predicted molar refractivity (Wildman–Crippen MR) is 122 cm³/mol. The quantitative estimate of drug-likeness (QED) is 0.762. The summed E-state index contributed by atoms with van der Waals surface area (Å²) < 4.78 is 0. The molecule has 2 heterocycles. The molecule has 2 saturated heterocycles. The van der Waals surface area contributed by atoms with E-state index < -0.39 is 0 Å². The van der Waals surface area contributed by atoms with Crippen LogP contribution in [0.5, 0.6) is 0 Å². The Morgan fingerprint density at radius 1 is 1.06 bits per heavy atom. The molecule has 2 aromatic rings. The van der Waals surface area contributed by atoms with Crippen LogP contribution in [0.3, 0.4) is 0 Å². The molecule has 3 fully saturated rings. The molecule has 1 aliphatic carbocycles. The number of carbonyl (C=O) groups excluding carboxylic acids is 2. The van der Waals surface area contributed by atoms with E-state index in [9.17, 15) is 14.7 Å². The molecule has 0 radical (unpaired) electrons. The zero-order valence-electron chi connectivity index (χ0n) is 18.1. The summed E-state index contributed by atoms with van der Waals surface area (Å²) in [4.78, 5) is 29.0. The van der Waals surface area contributed by atoms with Crippen molar-refractivity contribution in [3.05, 3.63) is 71.3 Å². The van der Waals surface area contributed by atoms with Crippen LogP contribution >= 0.6 is 0 Å². The van der Waals surface area contributed by atoms with E-state index in [0.29, 0.717) is 13.0 Å². The number of benzene rings is 2. The summed E-state index contributed by atoms with van der Waals surface area (Å²) in [6, 6.07) is 18.0. The van der Waals surface area contributed by atoms with Gasteiger partial charge in [0, 0.05) is 30.4 Å². The number of hydrogen-bond acceptors (Lipinski definition) is 3. The second-order valence-electron chi connectivity index (χ2n) is 9.08. The second kappa shape index (κ2) is 8.80. The highest BCUT2D eigenvalue weighted by Crippen LogP contribution is 2.43. The molecular weight excluding hydrogens is 400 g/mol. The van der Waals surface area contributed by atoms with E-state index >= 15 is 0 Å². The third-order valence-corrected chi connectivity index (χ3v) is 7.18. The second-order valence-corrected chi connectivity index (χ2v) is 9.08. The van der Waals surface area contributed by atoms with E-state index in [1.54, 1.807) is 9.80 Å². The van der Waals surface area contributed by atoms with Crippen LogP contribution in [0.4, 0.5) is 0 Å². The molecule has 5 nitrogen and oxygen atoms in total. The topological polar surface area (TPSA) is 60.9 Å². The van der Waals surface area contributed by atoms with Gasteiger partial charge in [-0.05, 0) is 36.1 Å². The van der Waals surface area contributed by atoms with Crippen molar-refractivity contribution in [2.75, 3.05) is 19.7 Å². The Balaban J connectivity index is 1.29. The molecule has 1 saturated carbocycles. The third-order valence-electron chi connectivity index (χ3n) is 7.18. The number of rotatable bonds is 4. The van der Waals surface area contributed by atoms with Gasteiger partial charge in [0.1, 0.15) is 0 Å². The molecule has 0 bridgehead atoms. The summed E-state index contributed by atoms with van der Waals surface area (Å²) in [6.45, 7) is 0.633. The number of aliphatic hydroxyl groups is 1. The van der Waals surface area contributed by atoms with Gasteiger partial charge in [0.05, 0.1) is 25.2 Å². The van der Waals surface area contributed by atoms with Crippen molar-refractivity contribution in [2.24, 2.45) is 5.92 Å². The number of fused-ring (bicyclic) bond motifs is 1. The molecule has 1 N–H and O–H groups in total. The average molecular weight is 429 g/mol. The first-order valence-electron chi connectivity index (χ1n) is 11.5. The lowest BCUT2D eigenvalue weighted by molar-refractivity contribution is -0.169. The fourth-order valence-corrected chi connectivity index (χ4v) is 5.21. The Bertz CT molecular complexity index is 1050. The maximum absolute atomic E-state index is 12.7. The molecular formula is C27H28N2O3. The molecule has 0 aromatic heterocycles. The van der Waals surface area contributed by atoms with Gasteiger partial charge >= 0.3 is 0 Å². The Morgan fingerprint density at radius 2 is 1.81 bits per heavy atom. The Labute approximate surface area is 189 Å². The highest BCUT2D eigenvalue weighted by molar-refractivity contribution is 5.89. The molecule has 0 unspecified atom stereocenters. The fraction of sp³-hybridized carbons (Fsp3) is 0.407. The molecule has 5 heteroatoms. The van der Waals surface area contributed by atoms with Crippen molar-refractivity contribution < 1.29 is 14.7 Å². The predicted octanol–water partition coefficient (Wildman–Crippen LogP) is 2.58. The van der Waals surface area contributed by atoms with Crippen LogP contribution in [0.2, 0.25) is 0 Å². The Hall–Kier alpha value is -3.10. The molecule has 3 aliphatic rings. The van der Waals surface area contributed by atoms with Crippen molar-refractivity contribution in [1.82, 2.24) is 9.80 Å². The van der Waals surface area contributed by atoms with Crippen LogP contribution < -0.4 is 0 Å². The van der Waals surface area contributed by atoms with Crippen LogP contribution in [0, 0.1) is 17.8 Å². The highest BCUT2D eigenvalue weighted by atomic mass is 16.3. The molecule has 3 atom stereocenters. The van der Waals surface area contributed by atoms with Gasteiger partial charge in [0.2, 0.25) is 11.8 Å². The van der Waals surface area contributed by atoms with Crippen LogP contribution in [-0.2, 0) is 16.0 Å². The zero-order chi connectivity index (χ0) is 22.1. The first-order valence-corrected chi connectivity index (χ1v) is 11.5. The highest BCUT2D eigenvalue weighted by Gasteiger charge is 2.54. The first-order chi connectivity index (χ1) is 15.7. The maximum atomic E-state index is 12.7. The Kier molecular flexibility index (Phi) is 5.71. The maximum Gasteiger partial charge on any atom is 0.242 e. The van der Waals surface area contributed by atoms with Crippen molar-refractivity contribution in [3.8, 4) is 11.8 Å². The number of hydrogen-bond donors (Lipinski definition) is 1. The number of amides is 2.